The van der Waals surface area contributed by atoms with E-state index in [9.17, 15) is 0 Å². The summed E-state index contributed by atoms with van der Waals surface area (Å²) in [6.07, 6.45) is 2.03. The molecule has 76 valence electrons. The second kappa shape index (κ2) is 3.14. The highest BCUT2D eigenvalue weighted by atomic mass is 35.5. The average molecular weight is 212 g/mol. The molecule has 0 heterocycles. The van der Waals surface area contributed by atoms with Crippen LogP contribution in [0.15, 0.2) is 12.1 Å². The minimum absolute atomic E-state index is 0.196. The Morgan fingerprint density at radius 2 is 2.07 bits per heavy atom. The van der Waals surface area contributed by atoms with Gasteiger partial charge in [-0.2, -0.15) is 0 Å². The molecule has 1 aromatic rings. The predicted molar refractivity (Wildman–Crippen MR) is 57.8 cm³/mol. The lowest BCUT2D eigenvalue weighted by atomic mass is 10.0. The van der Waals surface area contributed by atoms with E-state index < -0.39 is 0 Å². The van der Waals surface area contributed by atoms with E-state index >= 15 is 0 Å². The van der Waals surface area contributed by atoms with Crippen LogP contribution in [0.4, 0.5) is 0 Å². The molecule has 1 fully saturated rings. The normalized spacial score (nSPS) is 18.0. The van der Waals surface area contributed by atoms with Crippen LogP contribution in [0, 0.1) is 6.92 Å². The smallest absolute Gasteiger partial charge is 0.122 e. The number of methoxy groups -OCH3 is 1. The molecule has 0 aliphatic heterocycles. The number of halogens is 1. The van der Waals surface area contributed by atoms with Crippen molar-refractivity contribution in [3.05, 3.63) is 28.3 Å². The van der Waals surface area contributed by atoms with Gasteiger partial charge in [-0.3, -0.25) is 0 Å². The summed E-state index contributed by atoms with van der Waals surface area (Å²) in [5.41, 5.74) is 7.97. The maximum absolute atomic E-state index is 6.15. The molecule has 0 radical (unpaired) electrons. The molecule has 14 heavy (non-hydrogen) atoms. The SMILES string of the molecule is COc1cc(C2(N)CC2)c(Cl)cc1C. The molecule has 2 nitrogen and oxygen atoms in total. The molecule has 0 amide bonds. The Morgan fingerprint density at radius 1 is 1.43 bits per heavy atom. The van der Waals surface area contributed by atoms with Crippen molar-refractivity contribution in [1.82, 2.24) is 0 Å². The minimum atomic E-state index is -0.196. The molecule has 0 atom stereocenters. The van der Waals surface area contributed by atoms with Crippen molar-refractivity contribution in [1.29, 1.82) is 0 Å². The highest BCUT2D eigenvalue weighted by molar-refractivity contribution is 6.31. The third-order valence-corrected chi connectivity index (χ3v) is 3.12. The van der Waals surface area contributed by atoms with Crippen LogP contribution in [-0.2, 0) is 5.54 Å². The van der Waals surface area contributed by atoms with Gasteiger partial charge in [-0.05, 0) is 43.0 Å². The number of nitrogens with two attached hydrogens (primary N) is 1. The van der Waals surface area contributed by atoms with Crippen molar-refractivity contribution in [2.75, 3.05) is 7.11 Å². The summed E-state index contributed by atoms with van der Waals surface area (Å²) in [6, 6.07) is 3.88. The molecule has 0 bridgehead atoms. The Labute approximate surface area is 89.0 Å². The first-order valence-corrected chi connectivity index (χ1v) is 5.08. The van der Waals surface area contributed by atoms with Crippen LogP contribution in [0.5, 0.6) is 5.75 Å². The number of hydrogen-bond donors (Lipinski definition) is 1. The minimum Gasteiger partial charge on any atom is -0.496 e. The van der Waals surface area contributed by atoms with Crippen LogP contribution >= 0.6 is 11.6 Å². The maximum atomic E-state index is 6.15. The van der Waals surface area contributed by atoms with Gasteiger partial charge in [0.1, 0.15) is 5.75 Å². The van der Waals surface area contributed by atoms with E-state index in [1.165, 1.54) is 0 Å². The standard InChI is InChI=1S/C11H14ClNO/c1-7-5-9(12)8(6-10(7)14-2)11(13)3-4-11/h5-6H,3-4,13H2,1-2H3. The van der Waals surface area contributed by atoms with Gasteiger partial charge >= 0.3 is 0 Å². The van der Waals surface area contributed by atoms with Gasteiger partial charge in [-0.25, -0.2) is 0 Å². The molecule has 1 aromatic carbocycles. The fourth-order valence-corrected chi connectivity index (χ4v) is 2.06. The Morgan fingerprint density at radius 3 is 2.57 bits per heavy atom. The Bertz CT molecular complexity index is 372. The van der Waals surface area contributed by atoms with E-state index in [1.807, 2.05) is 19.1 Å². The zero-order valence-corrected chi connectivity index (χ0v) is 9.19. The van der Waals surface area contributed by atoms with Gasteiger partial charge in [0, 0.05) is 10.6 Å². The lowest BCUT2D eigenvalue weighted by Crippen LogP contribution is -2.19. The second-order valence-electron chi connectivity index (χ2n) is 3.96. The van der Waals surface area contributed by atoms with Gasteiger partial charge in [-0.1, -0.05) is 11.6 Å². The Hall–Kier alpha value is -0.730. The van der Waals surface area contributed by atoms with E-state index in [0.29, 0.717) is 0 Å². The van der Waals surface area contributed by atoms with Gasteiger partial charge < -0.3 is 10.5 Å². The first kappa shape index (κ1) is 9.81. The number of rotatable bonds is 2. The highest BCUT2D eigenvalue weighted by Gasteiger charge is 2.41. The van der Waals surface area contributed by atoms with Crippen molar-refractivity contribution < 1.29 is 4.74 Å². The monoisotopic (exact) mass is 211 g/mol. The topological polar surface area (TPSA) is 35.2 Å². The summed E-state index contributed by atoms with van der Waals surface area (Å²) in [5.74, 6) is 0.862. The van der Waals surface area contributed by atoms with Gasteiger partial charge in [-0.15, -0.1) is 0 Å². The molecule has 0 spiro atoms. The Kier molecular flexibility index (Phi) is 2.20. The molecule has 1 aliphatic rings. The van der Waals surface area contributed by atoms with Crippen molar-refractivity contribution in [3.63, 3.8) is 0 Å². The number of benzene rings is 1. The summed E-state index contributed by atoms with van der Waals surface area (Å²) in [4.78, 5) is 0. The summed E-state index contributed by atoms with van der Waals surface area (Å²) in [7, 11) is 1.66. The summed E-state index contributed by atoms with van der Waals surface area (Å²) < 4.78 is 5.25. The fraction of sp³-hybridized carbons (Fsp3) is 0.455. The molecule has 0 unspecified atom stereocenters. The van der Waals surface area contributed by atoms with Gasteiger partial charge in [0.25, 0.3) is 0 Å². The molecular formula is C11H14ClNO. The zero-order chi connectivity index (χ0) is 10.3. The van der Waals surface area contributed by atoms with Crippen molar-refractivity contribution in [3.8, 4) is 5.75 Å². The maximum Gasteiger partial charge on any atom is 0.122 e. The average Bonchev–Trinajstić information content (AvgIpc) is 2.85. The quantitative estimate of drug-likeness (QED) is 0.816. The summed E-state index contributed by atoms with van der Waals surface area (Å²) in [6.45, 7) is 1.98. The number of ether oxygens (including phenoxy) is 1. The largest absolute Gasteiger partial charge is 0.496 e. The van der Waals surface area contributed by atoms with E-state index in [-0.39, 0.29) is 5.54 Å². The molecule has 3 heteroatoms. The third kappa shape index (κ3) is 1.49. The lowest BCUT2D eigenvalue weighted by molar-refractivity contribution is 0.410. The molecule has 0 aromatic heterocycles. The molecule has 2 rings (SSSR count). The molecule has 2 N–H and O–H groups in total. The number of hydrogen-bond acceptors (Lipinski definition) is 2. The van der Waals surface area contributed by atoms with Gasteiger partial charge in [0.2, 0.25) is 0 Å². The van der Waals surface area contributed by atoms with Crippen LogP contribution in [0.25, 0.3) is 0 Å². The molecule has 1 aliphatic carbocycles. The molecule has 0 saturated heterocycles. The number of aryl methyl sites for hydroxylation is 1. The van der Waals surface area contributed by atoms with E-state index in [2.05, 4.69) is 0 Å². The van der Waals surface area contributed by atoms with E-state index in [1.54, 1.807) is 7.11 Å². The van der Waals surface area contributed by atoms with Crippen molar-refractivity contribution in [2.24, 2.45) is 5.73 Å². The van der Waals surface area contributed by atoms with Crippen LogP contribution < -0.4 is 10.5 Å². The first-order chi connectivity index (χ1) is 6.57. The zero-order valence-electron chi connectivity index (χ0n) is 8.43. The first-order valence-electron chi connectivity index (χ1n) is 4.70. The van der Waals surface area contributed by atoms with E-state index in [4.69, 9.17) is 22.1 Å². The van der Waals surface area contributed by atoms with Gasteiger partial charge in [0.15, 0.2) is 0 Å². The third-order valence-electron chi connectivity index (χ3n) is 2.81. The summed E-state index contributed by atoms with van der Waals surface area (Å²) >= 11 is 6.15. The van der Waals surface area contributed by atoms with Crippen molar-refractivity contribution >= 4 is 11.6 Å². The van der Waals surface area contributed by atoms with Crippen molar-refractivity contribution in [2.45, 2.75) is 25.3 Å². The second-order valence-corrected chi connectivity index (χ2v) is 4.37. The lowest BCUT2D eigenvalue weighted by Gasteiger charge is -2.14. The van der Waals surface area contributed by atoms with Gasteiger partial charge in [0.05, 0.1) is 7.11 Å². The van der Waals surface area contributed by atoms with Crippen LogP contribution in [0.2, 0.25) is 5.02 Å². The Balaban J connectivity index is 2.50. The fourth-order valence-electron chi connectivity index (χ4n) is 1.66. The summed E-state index contributed by atoms with van der Waals surface area (Å²) in [5, 5.41) is 0.753. The highest BCUT2D eigenvalue weighted by Crippen LogP contribution is 2.47. The van der Waals surface area contributed by atoms with Crippen LogP contribution in [0.3, 0.4) is 0 Å². The van der Waals surface area contributed by atoms with E-state index in [0.717, 1.165) is 34.7 Å². The molecular weight excluding hydrogens is 198 g/mol. The van der Waals surface area contributed by atoms with Crippen LogP contribution in [-0.4, -0.2) is 7.11 Å². The molecule has 1 saturated carbocycles. The predicted octanol–water partition coefficient (Wildman–Crippen LogP) is 2.60. The van der Waals surface area contributed by atoms with Crippen LogP contribution in [0.1, 0.15) is 24.0 Å².